The van der Waals surface area contributed by atoms with Crippen LogP contribution >= 0.6 is 0 Å². The van der Waals surface area contributed by atoms with E-state index in [1.54, 1.807) is 0 Å². The lowest BCUT2D eigenvalue weighted by Crippen LogP contribution is -2.28. The van der Waals surface area contributed by atoms with E-state index in [-0.39, 0.29) is 5.75 Å². The van der Waals surface area contributed by atoms with Crippen LogP contribution in [0, 0.1) is 0 Å². The van der Waals surface area contributed by atoms with Crippen LogP contribution < -0.4 is 0 Å². The highest BCUT2D eigenvalue weighted by Gasteiger charge is 2.25. The van der Waals surface area contributed by atoms with Crippen molar-refractivity contribution < 1.29 is 8.42 Å². The predicted octanol–water partition coefficient (Wildman–Crippen LogP) is 3.18. The van der Waals surface area contributed by atoms with Gasteiger partial charge in [0.2, 0.25) is 0 Å². The minimum absolute atomic E-state index is 0.103. The molecule has 4 nitrogen and oxygen atoms in total. The maximum Gasteiger partial charge on any atom is 0.255 e. The highest BCUT2D eigenvalue weighted by molar-refractivity contribution is 7.90. The lowest BCUT2D eigenvalue weighted by Gasteiger charge is -2.24. The summed E-state index contributed by atoms with van der Waals surface area (Å²) in [5, 5.41) is 2.29. The van der Waals surface area contributed by atoms with Crippen LogP contribution in [0.15, 0.2) is 65.2 Å². The van der Waals surface area contributed by atoms with E-state index in [0.29, 0.717) is 18.8 Å². The molecule has 116 valence electrons. The topological polar surface area (TPSA) is 49.7 Å². The smallest absolute Gasteiger partial charge is 0.255 e. The highest BCUT2D eigenvalue weighted by Crippen LogP contribution is 2.27. The largest absolute Gasteiger partial charge is 0.332 e. The first-order valence-corrected chi connectivity index (χ1v) is 9.21. The first-order chi connectivity index (χ1) is 11.1. The van der Waals surface area contributed by atoms with E-state index in [1.807, 2.05) is 41.5 Å². The van der Waals surface area contributed by atoms with Gasteiger partial charge in [-0.25, -0.2) is 8.42 Å². The molecule has 2 aliphatic rings. The number of rotatable bonds is 1. The van der Waals surface area contributed by atoms with Crippen LogP contribution in [0.2, 0.25) is 0 Å². The van der Waals surface area contributed by atoms with E-state index >= 15 is 0 Å². The molecular weight excluding hydrogens is 308 g/mol. The zero-order valence-electron chi connectivity index (χ0n) is 12.5. The molecule has 0 atom stereocenters. The van der Waals surface area contributed by atoms with Gasteiger partial charge in [-0.15, -0.1) is 4.40 Å². The molecule has 0 amide bonds. The molecule has 2 aromatic rings. The van der Waals surface area contributed by atoms with Crippen LogP contribution in [-0.4, -0.2) is 31.5 Å². The third-order valence-electron chi connectivity index (χ3n) is 4.13. The summed E-state index contributed by atoms with van der Waals surface area (Å²) in [6.45, 7) is 0.666. The normalized spacial score (nSPS) is 19.7. The molecule has 0 bridgehead atoms. The molecule has 23 heavy (non-hydrogen) atoms. The summed E-state index contributed by atoms with van der Waals surface area (Å²) in [7, 11) is -3.40. The number of amidine groups is 1. The van der Waals surface area contributed by atoms with Crippen molar-refractivity contribution in [2.24, 2.45) is 4.40 Å². The summed E-state index contributed by atoms with van der Waals surface area (Å²) in [6, 6.07) is 14.3. The Morgan fingerprint density at radius 3 is 2.74 bits per heavy atom. The summed E-state index contributed by atoms with van der Waals surface area (Å²) in [6.07, 6.45) is 6.36. The SMILES string of the molecule is O=S1(=O)CCCN2C=CC=C(c3ccc4ccccc4c3)C2=N1. The average molecular weight is 324 g/mol. The Balaban J connectivity index is 1.86. The maximum absolute atomic E-state index is 12.0. The number of benzene rings is 2. The second-order valence-electron chi connectivity index (χ2n) is 5.73. The number of hydrogen-bond donors (Lipinski definition) is 0. The highest BCUT2D eigenvalue weighted by atomic mass is 32.2. The number of hydrogen-bond acceptors (Lipinski definition) is 3. The van der Waals surface area contributed by atoms with Crippen molar-refractivity contribution in [3.05, 3.63) is 66.4 Å². The summed E-state index contributed by atoms with van der Waals surface area (Å²) in [5.74, 6) is 0.631. The molecule has 0 saturated heterocycles. The van der Waals surface area contributed by atoms with Crippen molar-refractivity contribution in [3.8, 4) is 0 Å². The molecule has 4 rings (SSSR count). The zero-order valence-corrected chi connectivity index (χ0v) is 13.3. The predicted molar refractivity (Wildman–Crippen MR) is 93.6 cm³/mol. The van der Waals surface area contributed by atoms with E-state index in [1.165, 1.54) is 0 Å². The van der Waals surface area contributed by atoms with Crippen LogP contribution in [0.25, 0.3) is 16.3 Å². The fourth-order valence-electron chi connectivity index (χ4n) is 3.00. The van der Waals surface area contributed by atoms with Crippen molar-refractivity contribution in [1.82, 2.24) is 4.90 Å². The van der Waals surface area contributed by atoms with Crippen LogP contribution in [-0.2, 0) is 10.0 Å². The number of sulfonamides is 1. The van der Waals surface area contributed by atoms with Gasteiger partial charge in [0.25, 0.3) is 10.0 Å². The third-order valence-corrected chi connectivity index (χ3v) is 5.38. The summed E-state index contributed by atoms with van der Waals surface area (Å²) in [4.78, 5) is 1.93. The Morgan fingerprint density at radius 2 is 1.87 bits per heavy atom. The number of fused-ring (bicyclic) bond motifs is 2. The lowest BCUT2D eigenvalue weighted by atomic mass is 9.98. The second-order valence-corrected chi connectivity index (χ2v) is 7.49. The molecule has 0 saturated carbocycles. The average Bonchev–Trinajstić information content (AvgIpc) is 2.71. The Labute approximate surface area is 135 Å². The summed E-state index contributed by atoms with van der Waals surface area (Å²) < 4.78 is 28.2. The van der Waals surface area contributed by atoms with Gasteiger partial charge in [0.1, 0.15) is 0 Å². The maximum atomic E-state index is 12.0. The molecule has 2 aliphatic heterocycles. The molecule has 0 aromatic heterocycles. The van der Waals surface area contributed by atoms with Gasteiger partial charge in [-0.3, -0.25) is 0 Å². The molecule has 0 aliphatic carbocycles. The quantitative estimate of drug-likeness (QED) is 0.809. The molecule has 2 heterocycles. The lowest BCUT2D eigenvalue weighted by molar-refractivity contribution is 0.554. The monoisotopic (exact) mass is 324 g/mol. The first-order valence-electron chi connectivity index (χ1n) is 7.60. The number of nitrogens with zero attached hydrogens (tertiary/aromatic N) is 2. The van der Waals surface area contributed by atoms with Gasteiger partial charge in [0, 0.05) is 18.3 Å². The molecule has 5 heteroatoms. The molecule has 0 N–H and O–H groups in total. The van der Waals surface area contributed by atoms with Crippen molar-refractivity contribution in [2.45, 2.75) is 6.42 Å². The number of allylic oxidation sites excluding steroid dienone is 2. The van der Waals surface area contributed by atoms with E-state index in [0.717, 1.165) is 21.9 Å². The van der Waals surface area contributed by atoms with Crippen LogP contribution in [0.4, 0.5) is 0 Å². The van der Waals surface area contributed by atoms with E-state index in [9.17, 15) is 8.42 Å². The van der Waals surface area contributed by atoms with Gasteiger partial charge < -0.3 is 4.90 Å². The molecule has 0 radical (unpaired) electrons. The first kappa shape index (κ1) is 14.2. The van der Waals surface area contributed by atoms with Crippen molar-refractivity contribution in [1.29, 1.82) is 0 Å². The Hall–Kier alpha value is -2.40. The van der Waals surface area contributed by atoms with E-state index < -0.39 is 10.0 Å². The summed E-state index contributed by atoms with van der Waals surface area (Å²) in [5.41, 5.74) is 1.83. The second kappa shape index (κ2) is 5.35. The van der Waals surface area contributed by atoms with E-state index in [4.69, 9.17) is 0 Å². The molecule has 2 aromatic carbocycles. The Morgan fingerprint density at radius 1 is 1.04 bits per heavy atom. The molecule has 0 spiro atoms. The standard InChI is InChI=1S/C18H16N2O2S/c21-23(22)12-4-11-20-10-3-7-17(18(20)19-23)16-9-8-14-5-1-2-6-15(14)13-16/h1-3,5-10,13H,4,11-12H2. The van der Waals surface area contributed by atoms with Crippen LogP contribution in [0.5, 0.6) is 0 Å². The van der Waals surface area contributed by atoms with Crippen molar-refractivity contribution in [3.63, 3.8) is 0 Å². The summed E-state index contributed by atoms with van der Waals surface area (Å²) >= 11 is 0. The van der Waals surface area contributed by atoms with Gasteiger partial charge in [-0.05, 0) is 41.0 Å². The van der Waals surface area contributed by atoms with Gasteiger partial charge in [-0.2, -0.15) is 0 Å². The Bertz CT molecular complexity index is 971. The minimum atomic E-state index is -3.40. The van der Waals surface area contributed by atoms with Crippen LogP contribution in [0.1, 0.15) is 12.0 Å². The molecular formula is C18H16N2O2S. The van der Waals surface area contributed by atoms with Gasteiger partial charge >= 0.3 is 0 Å². The third kappa shape index (κ3) is 2.68. The molecule has 0 unspecified atom stereocenters. The fraction of sp³-hybridized carbons (Fsp3) is 0.167. The van der Waals surface area contributed by atoms with Crippen molar-refractivity contribution >= 4 is 32.2 Å². The van der Waals surface area contributed by atoms with E-state index in [2.05, 4.69) is 28.7 Å². The fourth-order valence-corrected chi connectivity index (χ4v) is 4.05. The van der Waals surface area contributed by atoms with Crippen molar-refractivity contribution in [2.75, 3.05) is 12.3 Å². The van der Waals surface area contributed by atoms with Gasteiger partial charge in [0.15, 0.2) is 5.84 Å². The Kier molecular flexibility index (Phi) is 3.31. The van der Waals surface area contributed by atoms with Crippen LogP contribution in [0.3, 0.4) is 0 Å². The van der Waals surface area contributed by atoms with Gasteiger partial charge in [0.05, 0.1) is 5.75 Å². The zero-order chi connectivity index (χ0) is 15.9. The van der Waals surface area contributed by atoms with Gasteiger partial charge in [-0.1, -0.05) is 36.4 Å². The molecule has 0 fully saturated rings. The minimum Gasteiger partial charge on any atom is -0.332 e.